The molecule has 138 valence electrons. The highest BCUT2D eigenvalue weighted by molar-refractivity contribution is 5.75. The summed E-state index contributed by atoms with van der Waals surface area (Å²) in [4.78, 5) is 14.8. The Morgan fingerprint density at radius 2 is 2.08 bits per heavy atom. The monoisotopic (exact) mass is 354 g/mol. The van der Waals surface area contributed by atoms with Gasteiger partial charge in [0.1, 0.15) is 6.10 Å². The number of ether oxygens (including phenoxy) is 1. The number of carbonyl (C=O) groups is 1. The van der Waals surface area contributed by atoms with E-state index in [2.05, 4.69) is 22.5 Å². The van der Waals surface area contributed by atoms with Crippen LogP contribution in [0.4, 0.5) is 4.79 Å². The van der Waals surface area contributed by atoms with Crippen molar-refractivity contribution in [3.63, 3.8) is 0 Å². The molecule has 1 saturated heterocycles. The van der Waals surface area contributed by atoms with Gasteiger partial charge >= 0.3 is 6.03 Å². The average molecular weight is 354 g/mol. The molecule has 3 atom stereocenters. The molecule has 2 amide bonds. The third kappa shape index (κ3) is 3.33. The van der Waals surface area contributed by atoms with Crippen molar-refractivity contribution >= 4 is 6.03 Å². The summed E-state index contributed by atoms with van der Waals surface area (Å²) in [5.74, 6) is 0. The number of aryl methyl sites for hydroxylation is 1. The van der Waals surface area contributed by atoms with Crippen molar-refractivity contribution in [2.75, 3.05) is 13.1 Å². The summed E-state index contributed by atoms with van der Waals surface area (Å²) >= 11 is 0. The maximum Gasteiger partial charge on any atom is 0.318 e. The van der Waals surface area contributed by atoms with E-state index < -0.39 is 0 Å². The van der Waals surface area contributed by atoms with E-state index in [0.717, 1.165) is 30.4 Å². The molecule has 6 nitrogen and oxygen atoms in total. The zero-order chi connectivity index (χ0) is 18.1. The van der Waals surface area contributed by atoms with Crippen LogP contribution in [-0.4, -0.2) is 39.9 Å². The summed E-state index contributed by atoms with van der Waals surface area (Å²) in [7, 11) is 1.97. The average Bonchev–Trinajstić information content (AvgIpc) is 3.04. The van der Waals surface area contributed by atoms with Crippen molar-refractivity contribution in [3.05, 3.63) is 53.3 Å². The Hall–Kier alpha value is -2.34. The molecule has 0 radical (unpaired) electrons. The van der Waals surface area contributed by atoms with Crippen molar-refractivity contribution < 1.29 is 9.53 Å². The first-order chi connectivity index (χ1) is 12.6. The summed E-state index contributed by atoms with van der Waals surface area (Å²) in [5, 5.41) is 7.59. The Labute approximate surface area is 154 Å². The Morgan fingerprint density at radius 3 is 2.88 bits per heavy atom. The van der Waals surface area contributed by atoms with E-state index in [1.54, 1.807) is 0 Å². The van der Waals surface area contributed by atoms with Crippen molar-refractivity contribution in [1.29, 1.82) is 0 Å². The van der Waals surface area contributed by atoms with Crippen LogP contribution in [0.1, 0.15) is 48.7 Å². The lowest BCUT2D eigenvalue weighted by Gasteiger charge is -2.38. The molecule has 0 spiro atoms. The molecule has 1 aliphatic heterocycles. The van der Waals surface area contributed by atoms with Crippen LogP contribution in [0.3, 0.4) is 0 Å². The summed E-state index contributed by atoms with van der Waals surface area (Å²) in [6.07, 6.45) is 4.90. The number of rotatable bonds is 2. The molecular formula is C20H26N4O2. The zero-order valence-corrected chi connectivity index (χ0v) is 15.4. The molecule has 2 heterocycles. The lowest BCUT2D eigenvalue weighted by molar-refractivity contribution is -0.0659. The highest BCUT2D eigenvalue weighted by Crippen LogP contribution is 2.30. The number of fused-ring (bicyclic) bond motifs is 1. The predicted molar refractivity (Wildman–Crippen MR) is 98.7 cm³/mol. The maximum absolute atomic E-state index is 12.9. The summed E-state index contributed by atoms with van der Waals surface area (Å²) in [5.41, 5.74) is 3.51. The Balaban J connectivity index is 1.46. The summed E-state index contributed by atoms with van der Waals surface area (Å²) in [6.45, 7) is 3.21. The molecule has 2 aliphatic rings. The molecule has 0 bridgehead atoms. The van der Waals surface area contributed by atoms with Crippen LogP contribution >= 0.6 is 0 Å². The second kappa shape index (κ2) is 7.11. The third-order valence-electron chi connectivity index (χ3n) is 5.39. The standard InChI is InChI=1S/C20H26N4O2/c1-14-12-24(13-19(26-14)15-7-4-3-5-8-15)20(25)22-17-9-6-10-18-16(17)11-21-23(18)2/h3-5,7-8,11,14,17,19H,6,9-10,12-13H2,1-2H3,(H,22,25). The van der Waals surface area contributed by atoms with Gasteiger partial charge in [-0.2, -0.15) is 5.10 Å². The van der Waals surface area contributed by atoms with Crippen LogP contribution in [-0.2, 0) is 18.2 Å². The molecule has 1 aliphatic carbocycles. The minimum atomic E-state index is -0.0778. The van der Waals surface area contributed by atoms with Crippen LogP contribution < -0.4 is 5.32 Å². The minimum absolute atomic E-state index is 0.0113. The Morgan fingerprint density at radius 1 is 1.27 bits per heavy atom. The van der Waals surface area contributed by atoms with E-state index in [1.807, 2.05) is 47.9 Å². The molecular weight excluding hydrogens is 328 g/mol. The number of morpholine rings is 1. The SMILES string of the molecule is CC1CN(C(=O)NC2CCCc3c2cnn3C)CC(c2ccccc2)O1. The normalized spacial score (nSPS) is 25.6. The largest absolute Gasteiger partial charge is 0.367 e. The quantitative estimate of drug-likeness (QED) is 0.902. The van der Waals surface area contributed by atoms with Gasteiger partial charge in [-0.25, -0.2) is 4.79 Å². The Bertz CT molecular complexity index is 773. The molecule has 1 fully saturated rings. The highest BCUT2D eigenvalue weighted by atomic mass is 16.5. The van der Waals surface area contributed by atoms with E-state index in [1.165, 1.54) is 5.69 Å². The molecule has 26 heavy (non-hydrogen) atoms. The molecule has 0 saturated carbocycles. The Kier molecular flexibility index (Phi) is 4.68. The number of aromatic nitrogens is 2. The van der Waals surface area contributed by atoms with E-state index in [-0.39, 0.29) is 24.3 Å². The lowest BCUT2D eigenvalue weighted by atomic mass is 9.93. The van der Waals surface area contributed by atoms with Crippen LogP contribution in [0.15, 0.2) is 36.5 Å². The molecule has 6 heteroatoms. The van der Waals surface area contributed by atoms with Crippen molar-refractivity contribution in [2.24, 2.45) is 7.05 Å². The number of hydrogen-bond donors (Lipinski definition) is 1. The second-order valence-electron chi connectivity index (χ2n) is 7.32. The van der Waals surface area contributed by atoms with Crippen LogP contribution in [0, 0.1) is 0 Å². The molecule has 4 rings (SSSR count). The number of carbonyl (C=O) groups excluding carboxylic acids is 1. The van der Waals surface area contributed by atoms with Crippen LogP contribution in [0.5, 0.6) is 0 Å². The highest BCUT2D eigenvalue weighted by Gasteiger charge is 2.32. The smallest absolute Gasteiger partial charge is 0.318 e. The molecule has 3 unspecified atom stereocenters. The molecule has 1 N–H and O–H groups in total. The van der Waals surface area contributed by atoms with Crippen LogP contribution in [0.2, 0.25) is 0 Å². The fraction of sp³-hybridized carbons (Fsp3) is 0.500. The summed E-state index contributed by atoms with van der Waals surface area (Å²) in [6, 6.07) is 10.2. The molecule has 2 aromatic rings. The van der Waals surface area contributed by atoms with Gasteiger partial charge in [0.25, 0.3) is 0 Å². The first-order valence-corrected chi connectivity index (χ1v) is 9.38. The fourth-order valence-corrected chi connectivity index (χ4v) is 4.07. The van der Waals surface area contributed by atoms with Gasteiger partial charge in [0.2, 0.25) is 0 Å². The topological polar surface area (TPSA) is 59.4 Å². The van der Waals surface area contributed by atoms with Gasteiger partial charge in [0.05, 0.1) is 24.9 Å². The van der Waals surface area contributed by atoms with Crippen molar-refractivity contribution in [1.82, 2.24) is 20.0 Å². The van der Waals surface area contributed by atoms with Gasteiger partial charge < -0.3 is 15.0 Å². The van der Waals surface area contributed by atoms with E-state index in [4.69, 9.17) is 4.74 Å². The number of hydrogen-bond acceptors (Lipinski definition) is 3. The van der Waals surface area contributed by atoms with Gasteiger partial charge in [0.15, 0.2) is 0 Å². The maximum atomic E-state index is 12.9. The van der Waals surface area contributed by atoms with Crippen molar-refractivity contribution in [3.8, 4) is 0 Å². The number of amides is 2. The minimum Gasteiger partial charge on any atom is -0.367 e. The molecule has 1 aromatic heterocycles. The van der Waals surface area contributed by atoms with E-state index >= 15 is 0 Å². The first kappa shape index (κ1) is 17.1. The first-order valence-electron chi connectivity index (χ1n) is 9.38. The van der Waals surface area contributed by atoms with Gasteiger partial charge in [-0.3, -0.25) is 4.68 Å². The van der Waals surface area contributed by atoms with E-state index in [0.29, 0.717) is 13.1 Å². The van der Waals surface area contributed by atoms with Gasteiger partial charge in [-0.15, -0.1) is 0 Å². The van der Waals surface area contributed by atoms with Crippen molar-refractivity contribution in [2.45, 2.75) is 44.4 Å². The molecule has 1 aromatic carbocycles. The number of benzene rings is 1. The fourth-order valence-electron chi connectivity index (χ4n) is 4.07. The summed E-state index contributed by atoms with van der Waals surface area (Å²) < 4.78 is 7.99. The van der Waals surface area contributed by atoms with Gasteiger partial charge in [0, 0.05) is 24.8 Å². The van der Waals surface area contributed by atoms with Gasteiger partial charge in [-0.05, 0) is 31.7 Å². The second-order valence-corrected chi connectivity index (χ2v) is 7.32. The van der Waals surface area contributed by atoms with Crippen LogP contribution in [0.25, 0.3) is 0 Å². The number of urea groups is 1. The predicted octanol–water partition coefficient (Wildman–Crippen LogP) is 2.97. The zero-order valence-electron chi connectivity index (χ0n) is 15.4. The van der Waals surface area contributed by atoms with E-state index in [9.17, 15) is 4.79 Å². The number of nitrogens with one attached hydrogen (secondary N) is 1. The lowest BCUT2D eigenvalue weighted by Crippen LogP contribution is -2.50. The van der Waals surface area contributed by atoms with Gasteiger partial charge in [-0.1, -0.05) is 30.3 Å². The number of nitrogens with zero attached hydrogens (tertiary/aromatic N) is 3. The third-order valence-corrected chi connectivity index (χ3v) is 5.39.